The van der Waals surface area contributed by atoms with Crippen LogP contribution >= 0.6 is 0 Å². The van der Waals surface area contributed by atoms with Gasteiger partial charge in [-0.2, -0.15) is 0 Å². The van der Waals surface area contributed by atoms with Gasteiger partial charge < -0.3 is 0 Å². The highest BCUT2D eigenvalue weighted by Gasteiger charge is 1.66. The van der Waals surface area contributed by atoms with E-state index in [9.17, 15) is 0 Å². The SMILES string of the molecule is N=S(N)N=O. The van der Waals surface area contributed by atoms with Crippen molar-refractivity contribution in [2.24, 2.45) is 9.72 Å². The molecule has 0 aromatic carbocycles. The molecule has 0 spiro atoms. The fourth-order valence-corrected chi connectivity index (χ4v) is 0. The van der Waals surface area contributed by atoms with Gasteiger partial charge in [-0.25, -0.2) is 9.92 Å². The van der Waals surface area contributed by atoms with Crippen molar-refractivity contribution < 1.29 is 0 Å². The third-order valence-corrected chi connectivity index (χ3v) is 0.241. The topological polar surface area (TPSA) is 79.3 Å². The lowest BCUT2D eigenvalue weighted by Gasteiger charge is -1.66. The molecule has 0 aliphatic carbocycles. The van der Waals surface area contributed by atoms with Crippen molar-refractivity contribution in [2.75, 3.05) is 0 Å². The molecule has 0 saturated heterocycles. The van der Waals surface area contributed by atoms with Crippen LogP contribution in [0.3, 0.4) is 0 Å². The lowest BCUT2D eigenvalue weighted by atomic mass is 13.7. The van der Waals surface area contributed by atoms with Crippen LogP contribution in [-0.4, -0.2) is 0 Å². The van der Waals surface area contributed by atoms with Crippen LogP contribution in [0.2, 0.25) is 0 Å². The average molecular weight is 93.1 g/mol. The first-order chi connectivity index (χ1) is 2.27. The molecule has 0 fully saturated rings. The van der Waals surface area contributed by atoms with Crippen molar-refractivity contribution in [1.29, 1.82) is 4.78 Å². The van der Waals surface area contributed by atoms with Gasteiger partial charge in [0.05, 0.1) is 0 Å². The van der Waals surface area contributed by atoms with Crippen molar-refractivity contribution in [1.82, 2.24) is 0 Å². The maximum Gasteiger partial charge on any atom is 0.127 e. The summed E-state index contributed by atoms with van der Waals surface area (Å²) in [5.74, 6) is 0. The fourth-order valence-electron chi connectivity index (χ4n) is 0. The van der Waals surface area contributed by atoms with E-state index in [0.29, 0.717) is 0 Å². The minimum atomic E-state index is -1.50. The molecular weight excluding hydrogens is 90.1 g/mol. The number of nitrogens with two attached hydrogens (primary N) is 1. The lowest BCUT2D eigenvalue weighted by molar-refractivity contribution is 1.57. The summed E-state index contributed by atoms with van der Waals surface area (Å²) in [7, 11) is 0. The smallest absolute Gasteiger partial charge is 0.127 e. The molecule has 0 radical (unpaired) electrons. The van der Waals surface area contributed by atoms with E-state index < -0.39 is 11.1 Å². The van der Waals surface area contributed by atoms with Gasteiger partial charge in [-0.1, -0.05) is 0 Å². The summed E-state index contributed by atoms with van der Waals surface area (Å²) < 4.78 is 8.26. The summed E-state index contributed by atoms with van der Waals surface area (Å²) in [4.78, 5) is 8.95. The molecule has 0 heterocycles. The molecule has 0 rings (SSSR count). The predicted octanol–water partition coefficient (Wildman–Crippen LogP) is -0.0778. The largest absolute Gasteiger partial charge is 0.247 e. The minimum absolute atomic E-state index is 1.50. The Balaban J connectivity index is 3.20. The van der Waals surface area contributed by atoms with E-state index in [4.69, 9.17) is 9.69 Å². The zero-order valence-corrected chi connectivity index (χ0v) is 3.16. The molecule has 0 amide bonds. The Morgan fingerprint density at radius 1 is 2.00 bits per heavy atom. The average Bonchev–Trinajstić information content (AvgIpc) is 1.38. The number of hydrogen-bond acceptors (Lipinski definition) is 2. The van der Waals surface area contributed by atoms with Crippen molar-refractivity contribution in [3.05, 3.63) is 4.91 Å². The van der Waals surface area contributed by atoms with Gasteiger partial charge in [-0.15, -0.1) is 4.91 Å². The van der Waals surface area contributed by atoms with Crippen molar-refractivity contribution in [2.45, 2.75) is 0 Å². The van der Waals surface area contributed by atoms with E-state index in [1.54, 1.807) is 0 Å². The van der Waals surface area contributed by atoms with E-state index >= 15 is 0 Å². The van der Waals surface area contributed by atoms with E-state index in [1.165, 1.54) is 0 Å². The van der Waals surface area contributed by atoms with Crippen LogP contribution in [0, 0.1) is 9.69 Å². The highest BCUT2D eigenvalue weighted by atomic mass is 32.2. The first-order valence-electron chi connectivity index (χ1n) is 0.805. The Labute approximate surface area is 31.5 Å². The fraction of sp³-hybridized carbons (Fsp3) is 0. The quantitative estimate of drug-likeness (QED) is 0.445. The third-order valence-electron chi connectivity index (χ3n) is 0.0803. The Hall–Kier alpha value is -0.290. The summed E-state index contributed by atoms with van der Waals surface area (Å²) in [5, 5.41) is 4.51. The van der Waals surface area contributed by atoms with E-state index in [-0.39, 0.29) is 0 Å². The summed E-state index contributed by atoms with van der Waals surface area (Å²) in [5.41, 5.74) is 0. The van der Waals surface area contributed by atoms with Gasteiger partial charge in [0.1, 0.15) is 11.1 Å². The standard InChI is InChI=1S/H3N3OS/c1-5(2)3-4/h(H3,1,2). The van der Waals surface area contributed by atoms with Crippen LogP contribution in [-0.2, 0) is 11.1 Å². The zero-order chi connectivity index (χ0) is 4.28. The predicted molar refractivity (Wildman–Crippen MR) is 20.1 cm³/mol. The summed E-state index contributed by atoms with van der Waals surface area (Å²) in [6.45, 7) is 0. The molecule has 1 atom stereocenters. The Kier molecular flexibility index (Phi) is 1.86. The molecule has 0 aliphatic heterocycles. The van der Waals surface area contributed by atoms with E-state index in [2.05, 4.69) is 9.72 Å². The highest BCUT2D eigenvalue weighted by Crippen LogP contribution is 1.61. The Morgan fingerprint density at radius 3 is 2.20 bits per heavy atom. The summed E-state index contributed by atoms with van der Waals surface area (Å²) in [6, 6.07) is 0. The monoisotopic (exact) mass is 93.0 g/mol. The molecule has 5 heteroatoms. The second-order valence-corrected chi connectivity index (χ2v) is 1.17. The number of rotatable bonds is 1. The van der Waals surface area contributed by atoms with Gasteiger partial charge in [0.2, 0.25) is 0 Å². The number of nitrogens with one attached hydrogen (secondary N) is 1. The van der Waals surface area contributed by atoms with Gasteiger partial charge in [-0.3, -0.25) is 0 Å². The van der Waals surface area contributed by atoms with Crippen LogP contribution in [0.1, 0.15) is 0 Å². The first kappa shape index (κ1) is 4.71. The van der Waals surface area contributed by atoms with Gasteiger partial charge in [0, 0.05) is 4.58 Å². The van der Waals surface area contributed by atoms with E-state index in [0.717, 1.165) is 0 Å². The zero-order valence-electron chi connectivity index (χ0n) is 2.34. The molecular formula is H3N3OS. The Bertz CT molecular complexity index is 57.9. The lowest BCUT2D eigenvalue weighted by Crippen LogP contribution is -1.91. The molecule has 4 nitrogen and oxygen atoms in total. The normalized spacial score (nSPS) is 13.8. The van der Waals surface area contributed by atoms with Gasteiger partial charge in [-0.05, 0) is 0 Å². The van der Waals surface area contributed by atoms with Gasteiger partial charge in [0.15, 0.2) is 0 Å². The van der Waals surface area contributed by atoms with Crippen molar-refractivity contribution >= 4 is 11.1 Å². The highest BCUT2D eigenvalue weighted by molar-refractivity contribution is 7.82. The first-order valence-corrected chi connectivity index (χ1v) is 2.05. The van der Waals surface area contributed by atoms with Crippen LogP contribution in [0.15, 0.2) is 4.58 Å². The molecule has 0 aromatic heterocycles. The third kappa shape index (κ3) is 3.71. The van der Waals surface area contributed by atoms with Crippen LogP contribution < -0.4 is 5.14 Å². The molecule has 0 saturated carbocycles. The molecule has 0 aromatic rings. The molecule has 3 N–H and O–H groups in total. The molecule has 1 unspecified atom stereocenters. The molecule has 5 heavy (non-hydrogen) atoms. The van der Waals surface area contributed by atoms with Crippen LogP contribution in [0.25, 0.3) is 0 Å². The van der Waals surface area contributed by atoms with Crippen LogP contribution in [0.4, 0.5) is 0 Å². The molecule has 0 bridgehead atoms. The molecule has 30 valence electrons. The molecule has 0 aliphatic rings. The Morgan fingerprint density at radius 2 is 2.20 bits per heavy atom. The van der Waals surface area contributed by atoms with Crippen molar-refractivity contribution in [3.63, 3.8) is 0 Å². The number of hydrogen-bond donors (Lipinski definition) is 2. The van der Waals surface area contributed by atoms with E-state index in [1.807, 2.05) is 0 Å². The second kappa shape index (κ2) is 1.98. The van der Waals surface area contributed by atoms with Crippen LogP contribution in [0.5, 0.6) is 0 Å². The summed E-state index contributed by atoms with van der Waals surface area (Å²) in [6.07, 6.45) is 0. The summed E-state index contributed by atoms with van der Waals surface area (Å²) >= 11 is -1.50. The minimum Gasteiger partial charge on any atom is -0.247 e. The maximum atomic E-state index is 8.95. The number of nitrogens with zero attached hydrogens (tertiary/aromatic N) is 1. The second-order valence-electron chi connectivity index (χ2n) is 0.389. The van der Waals surface area contributed by atoms with Gasteiger partial charge in [0.25, 0.3) is 0 Å². The van der Waals surface area contributed by atoms with Gasteiger partial charge >= 0.3 is 0 Å². The number of nitroso groups, excluding NO2 is 1. The van der Waals surface area contributed by atoms with Crippen molar-refractivity contribution in [3.8, 4) is 0 Å². The maximum absolute atomic E-state index is 8.95.